The molecular formula is C34H45N5O7. The third kappa shape index (κ3) is 9.37. The number of rotatable bonds is 4. The number of allylic oxidation sites excluding steroid dienone is 1. The molecule has 12 nitrogen and oxygen atoms in total. The number of carbonyl (C=O) groups excluding carboxylic acids is 4. The lowest BCUT2D eigenvalue weighted by Gasteiger charge is -2.35. The van der Waals surface area contributed by atoms with E-state index in [9.17, 15) is 24.3 Å². The minimum Gasteiger partial charge on any atom is -0.508 e. The maximum atomic E-state index is 14.0. The first-order valence-corrected chi connectivity index (χ1v) is 15.8. The fraction of sp³-hybridized carbons (Fsp3) is 0.500. The standard InChI is InChI=1S/C34H45N5O7/c1-21(2)30-32(42)36-28(19-24-10-7-11-26(40)18-24)33(43)39-16-8-12-27(38-39)34(44)46-20-25-17-23(14-15-35-25)9-5-6-13-29(45-4)22(3)31(41)37-30/h5,7,9-11,14-15,17-18,21-22,27-30,38,40H,6,8,12-13,16,19-20H2,1-4H3,(H,36,42)(H,37,41)/b9-5+/t22-,27+,28?,29-,30+/m1/s1. The molecule has 3 amide bonds. The molecule has 1 aromatic carbocycles. The van der Waals surface area contributed by atoms with Gasteiger partial charge in [0, 0.05) is 26.3 Å². The van der Waals surface area contributed by atoms with E-state index in [0.717, 1.165) is 5.56 Å². The first-order chi connectivity index (χ1) is 22.0. The summed E-state index contributed by atoms with van der Waals surface area (Å²) in [4.78, 5) is 58.5. The van der Waals surface area contributed by atoms with Gasteiger partial charge in [0.1, 0.15) is 30.5 Å². The lowest BCUT2D eigenvalue weighted by atomic mass is 9.96. The van der Waals surface area contributed by atoms with Crippen LogP contribution in [0.1, 0.15) is 63.3 Å². The van der Waals surface area contributed by atoms with E-state index < -0.39 is 47.9 Å². The van der Waals surface area contributed by atoms with Gasteiger partial charge in [-0.3, -0.25) is 29.2 Å². The summed E-state index contributed by atoms with van der Waals surface area (Å²) in [6, 6.07) is 7.38. The van der Waals surface area contributed by atoms with Gasteiger partial charge in [-0.2, -0.15) is 0 Å². The van der Waals surface area contributed by atoms with Gasteiger partial charge in [0.05, 0.1) is 17.7 Å². The molecule has 4 rings (SSSR count). The van der Waals surface area contributed by atoms with Crippen molar-refractivity contribution in [2.24, 2.45) is 11.8 Å². The van der Waals surface area contributed by atoms with Gasteiger partial charge in [-0.25, -0.2) is 5.43 Å². The summed E-state index contributed by atoms with van der Waals surface area (Å²) in [6.07, 6.45) is 7.46. The molecule has 1 saturated heterocycles. The van der Waals surface area contributed by atoms with E-state index in [0.29, 0.717) is 43.5 Å². The van der Waals surface area contributed by atoms with Crippen LogP contribution in [-0.4, -0.2) is 76.7 Å². The Bertz CT molecular complexity index is 1410. The zero-order valence-corrected chi connectivity index (χ0v) is 26.9. The highest BCUT2D eigenvalue weighted by Gasteiger charge is 2.36. The minimum absolute atomic E-state index is 0.0260. The predicted octanol–water partition coefficient (Wildman–Crippen LogP) is 2.65. The van der Waals surface area contributed by atoms with Crippen LogP contribution in [0.5, 0.6) is 5.75 Å². The molecule has 1 unspecified atom stereocenters. The molecular weight excluding hydrogens is 590 g/mol. The molecule has 0 saturated carbocycles. The molecule has 3 heterocycles. The number of phenolic OH excluding ortho intramolecular Hbond substituents is 1. The molecule has 0 radical (unpaired) electrons. The van der Waals surface area contributed by atoms with Crippen molar-refractivity contribution in [1.29, 1.82) is 0 Å². The van der Waals surface area contributed by atoms with Crippen LogP contribution in [-0.2, 0) is 41.7 Å². The Hall–Kier alpha value is -4.29. The highest BCUT2D eigenvalue weighted by atomic mass is 16.5. The zero-order chi connectivity index (χ0) is 33.2. The Balaban J connectivity index is 1.64. The van der Waals surface area contributed by atoms with E-state index >= 15 is 0 Å². The number of nitrogens with one attached hydrogen (secondary N) is 3. The van der Waals surface area contributed by atoms with Crippen LogP contribution in [0.15, 0.2) is 48.7 Å². The first kappa shape index (κ1) is 34.6. The summed E-state index contributed by atoms with van der Waals surface area (Å²) in [5, 5.41) is 17.1. The molecule has 2 aromatic rings. The van der Waals surface area contributed by atoms with Crippen LogP contribution in [0.2, 0.25) is 0 Å². The van der Waals surface area contributed by atoms with E-state index in [1.165, 1.54) is 17.1 Å². The largest absolute Gasteiger partial charge is 0.508 e. The number of nitrogens with zero attached hydrogens (tertiary/aromatic N) is 2. The summed E-state index contributed by atoms with van der Waals surface area (Å²) in [6.45, 7) is 5.68. The number of phenols is 1. The number of esters is 1. The predicted molar refractivity (Wildman–Crippen MR) is 171 cm³/mol. The summed E-state index contributed by atoms with van der Waals surface area (Å²) < 4.78 is 11.2. The lowest BCUT2D eigenvalue weighted by Crippen LogP contribution is -2.62. The maximum Gasteiger partial charge on any atom is 0.325 e. The van der Waals surface area contributed by atoms with Crippen molar-refractivity contribution in [1.82, 2.24) is 26.1 Å². The molecule has 12 heteroatoms. The number of hydrogen-bond donors (Lipinski definition) is 4. The number of cyclic esters (lactones) is 1. The summed E-state index contributed by atoms with van der Waals surface area (Å²) in [7, 11) is 1.56. The maximum absolute atomic E-state index is 14.0. The van der Waals surface area contributed by atoms with Gasteiger partial charge in [-0.1, -0.05) is 45.1 Å². The van der Waals surface area contributed by atoms with Crippen molar-refractivity contribution in [3.05, 3.63) is 65.5 Å². The van der Waals surface area contributed by atoms with Crippen LogP contribution in [0.4, 0.5) is 0 Å². The average Bonchev–Trinajstić information content (AvgIpc) is 3.04. The average molecular weight is 636 g/mol. The van der Waals surface area contributed by atoms with Gasteiger partial charge in [-0.15, -0.1) is 0 Å². The highest BCUT2D eigenvalue weighted by molar-refractivity contribution is 5.93. The third-order valence-electron chi connectivity index (χ3n) is 8.35. The number of hydrogen-bond acceptors (Lipinski definition) is 9. The number of amides is 3. The molecule has 46 heavy (non-hydrogen) atoms. The second-order valence-electron chi connectivity index (χ2n) is 12.2. The fourth-order valence-electron chi connectivity index (χ4n) is 5.65. The number of aromatic hydroxyl groups is 1. The minimum atomic E-state index is -1.06. The van der Waals surface area contributed by atoms with Crippen LogP contribution in [0.25, 0.3) is 6.08 Å². The van der Waals surface area contributed by atoms with Crippen molar-refractivity contribution in [2.75, 3.05) is 13.7 Å². The van der Waals surface area contributed by atoms with Crippen molar-refractivity contribution in [3.63, 3.8) is 0 Å². The van der Waals surface area contributed by atoms with Gasteiger partial charge < -0.3 is 25.2 Å². The van der Waals surface area contributed by atoms with Crippen molar-refractivity contribution < 1.29 is 33.8 Å². The second kappa shape index (κ2) is 16.3. The molecule has 248 valence electrons. The summed E-state index contributed by atoms with van der Waals surface area (Å²) in [5.41, 5.74) is 5.08. The van der Waals surface area contributed by atoms with Crippen molar-refractivity contribution in [2.45, 2.75) is 83.7 Å². The molecule has 0 spiro atoms. The lowest BCUT2D eigenvalue weighted by molar-refractivity contribution is -0.154. The monoisotopic (exact) mass is 635 g/mol. The molecule has 5 atom stereocenters. The summed E-state index contributed by atoms with van der Waals surface area (Å²) >= 11 is 0. The molecule has 1 fully saturated rings. The molecule has 4 bridgehead atoms. The highest BCUT2D eigenvalue weighted by Crippen LogP contribution is 2.19. The number of carbonyl (C=O) groups is 4. The molecule has 1 aromatic heterocycles. The van der Waals surface area contributed by atoms with Gasteiger partial charge >= 0.3 is 5.97 Å². The topological polar surface area (TPSA) is 159 Å². The number of benzene rings is 1. The van der Waals surface area contributed by atoms with Crippen LogP contribution >= 0.6 is 0 Å². The number of methoxy groups -OCH3 is 1. The van der Waals surface area contributed by atoms with Crippen LogP contribution < -0.4 is 16.1 Å². The molecule has 2 aliphatic heterocycles. The number of hydrazine groups is 1. The van der Waals surface area contributed by atoms with Crippen molar-refractivity contribution in [3.8, 4) is 5.75 Å². The Morgan fingerprint density at radius 2 is 1.89 bits per heavy atom. The van der Waals surface area contributed by atoms with Gasteiger partial charge in [0.2, 0.25) is 11.8 Å². The van der Waals surface area contributed by atoms with Crippen LogP contribution in [0.3, 0.4) is 0 Å². The normalized spacial score (nSPS) is 26.3. The number of aromatic nitrogens is 1. The quantitative estimate of drug-likeness (QED) is 0.371. The van der Waals surface area contributed by atoms with Crippen LogP contribution in [0, 0.1) is 11.8 Å². The van der Waals surface area contributed by atoms with Crippen molar-refractivity contribution >= 4 is 29.8 Å². The first-order valence-electron chi connectivity index (χ1n) is 15.8. The zero-order valence-electron chi connectivity index (χ0n) is 26.9. The molecule has 0 aliphatic carbocycles. The van der Waals surface area contributed by atoms with Gasteiger partial charge in [-0.05, 0) is 67.0 Å². The summed E-state index contributed by atoms with van der Waals surface area (Å²) in [5.74, 6) is -2.64. The SMILES string of the molecule is CO[C@@H]1CC/C=C/c2ccnc(c2)COC(=O)[C@@H]2CCCN(N2)C(=O)C(Cc2cccc(O)c2)NC(=O)[C@H](C(C)C)NC(=O)[C@@H]1C. The smallest absolute Gasteiger partial charge is 0.325 e. The number of pyridine rings is 1. The van der Waals surface area contributed by atoms with E-state index in [1.54, 1.807) is 32.4 Å². The number of fused-ring (bicyclic) bond motifs is 4. The van der Waals surface area contributed by atoms with Gasteiger partial charge in [0.25, 0.3) is 5.91 Å². The molecule has 2 aliphatic rings. The van der Waals surface area contributed by atoms with Gasteiger partial charge in [0.15, 0.2) is 0 Å². The number of ether oxygens (including phenoxy) is 2. The third-order valence-corrected chi connectivity index (χ3v) is 8.35. The Labute approximate surface area is 269 Å². The fourth-order valence-corrected chi connectivity index (χ4v) is 5.65. The second-order valence-corrected chi connectivity index (χ2v) is 12.2. The Kier molecular flexibility index (Phi) is 12.3. The van der Waals surface area contributed by atoms with E-state index in [-0.39, 0.29) is 30.6 Å². The van der Waals surface area contributed by atoms with E-state index in [1.807, 2.05) is 38.1 Å². The van der Waals surface area contributed by atoms with E-state index in [4.69, 9.17) is 9.47 Å². The Morgan fingerprint density at radius 1 is 1.09 bits per heavy atom. The van der Waals surface area contributed by atoms with E-state index in [2.05, 4.69) is 21.0 Å². The molecule has 4 N–H and O–H groups in total. The Morgan fingerprint density at radius 3 is 2.63 bits per heavy atom.